The van der Waals surface area contributed by atoms with E-state index < -0.39 is 0 Å². The first-order valence-electron chi connectivity index (χ1n) is 7.94. The molecule has 0 amide bonds. The Morgan fingerprint density at radius 2 is 2.19 bits per heavy atom. The molecule has 1 saturated carbocycles. The van der Waals surface area contributed by atoms with Crippen molar-refractivity contribution in [3.05, 3.63) is 35.9 Å². The van der Waals surface area contributed by atoms with Crippen LogP contribution in [0, 0.1) is 23.2 Å². The summed E-state index contributed by atoms with van der Waals surface area (Å²) >= 11 is 0. The van der Waals surface area contributed by atoms with E-state index in [1.165, 1.54) is 5.56 Å². The van der Waals surface area contributed by atoms with Crippen LogP contribution in [0.2, 0.25) is 0 Å². The van der Waals surface area contributed by atoms with Gasteiger partial charge >= 0.3 is 0 Å². The fraction of sp³-hybridized carbons (Fsp3) is 0.611. The van der Waals surface area contributed by atoms with Gasteiger partial charge in [-0.25, -0.2) is 0 Å². The SMILES string of the molecule is CC[C@]12C[C@H](CO1)[C@H](CC#N)C[C@@H]2OCc1ccccc1. The van der Waals surface area contributed by atoms with Crippen LogP contribution in [0.1, 0.15) is 38.2 Å². The Hall–Kier alpha value is -1.37. The average molecular weight is 285 g/mol. The van der Waals surface area contributed by atoms with Gasteiger partial charge in [0, 0.05) is 6.42 Å². The molecule has 0 unspecified atom stereocenters. The van der Waals surface area contributed by atoms with Gasteiger partial charge in [-0.2, -0.15) is 5.26 Å². The molecule has 0 spiro atoms. The monoisotopic (exact) mass is 285 g/mol. The van der Waals surface area contributed by atoms with Crippen molar-refractivity contribution in [2.24, 2.45) is 11.8 Å². The molecule has 0 radical (unpaired) electrons. The normalized spacial score (nSPS) is 34.6. The molecule has 2 bridgehead atoms. The van der Waals surface area contributed by atoms with Gasteiger partial charge in [0.25, 0.3) is 0 Å². The Bertz CT molecular complexity index is 510. The number of rotatable bonds is 5. The lowest BCUT2D eigenvalue weighted by molar-refractivity contribution is -0.135. The van der Waals surface area contributed by atoms with Crippen LogP contribution < -0.4 is 0 Å². The first-order chi connectivity index (χ1) is 10.3. The summed E-state index contributed by atoms with van der Waals surface area (Å²) in [6.07, 6.45) is 3.73. The number of benzene rings is 1. The second kappa shape index (κ2) is 6.17. The largest absolute Gasteiger partial charge is 0.372 e. The van der Waals surface area contributed by atoms with E-state index in [0.29, 0.717) is 24.9 Å². The van der Waals surface area contributed by atoms with Gasteiger partial charge in [-0.3, -0.25) is 0 Å². The molecule has 4 atom stereocenters. The van der Waals surface area contributed by atoms with Crippen molar-refractivity contribution in [2.75, 3.05) is 6.61 Å². The van der Waals surface area contributed by atoms with Crippen LogP contribution in [0.25, 0.3) is 0 Å². The Labute approximate surface area is 126 Å². The second-order valence-electron chi connectivity index (χ2n) is 6.34. The molecule has 1 saturated heterocycles. The summed E-state index contributed by atoms with van der Waals surface area (Å²) < 4.78 is 12.4. The van der Waals surface area contributed by atoms with Crippen LogP contribution in [0.5, 0.6) is 0 Å². The lowest BCUT2D eigenvalue weighted by Gasteiger charge is -2.41. The highest BCUT2D eigenvalue weighted by Gasteiger charge is 2.52. The van der Waals surface area contributed by atoms with Crippen LogP contribution in [0.4, 0.5) is 0 Å². The maximum atomic E-state index is 9.03. The topological polar surface area (TPSA) is 42.2 Å². The molecule has 1 heterocycles. The van der Waals surface area contributed by atoms with E-state index in [1.54, 1.807) is 0 Å². The Morgan fingerprint density at radius 3 is 2.90 bits per heavy atom. The van der Waals surface area contributed by atoms with Crippen LogP contribution in [0.3, 0.4) is 0 Å². The highest BCUT2D eigenvalue weighted by molar-refractivity contribution is 5.14. The zero-order valence-electron chi connectivity index (χ0n) is 12.6. The van der Waals surface area contributed by atoms with E-state index >= 15 is 0 Å². The lowest BCUT2D eigenvalue weighted by Crippen LogP contribution is -2.47. The van der Waals surface area contributed by atoms with Crippen molar-refractivity contribution >= 4 is 0 Å². The Balaban J connectivity index is 1.70. The van der Waals surface area contributed by atoms with E-state index in [9.17, 15) is 0 Å². The highest BCUT2D eigenvalue weighted by atomic mass is 16.6. The minimum absolute atomic E-state index is 0.111. The zero-order chi connectivity index (χ0) is 14.7. The van der Waals surface area contributed by atoms with Crippen molar-refractivity contribution < 1.29 is 9.47 Å². The van der Waals surface area contributed by atoms with Gasteiger partial charge in [0.2, 0.25) is 0 Å². The number of hydrogen-bond donors (Lipinski definition) is 0. The number of nitriles is 1. The summed E-state index contributed by atoms with van der Waals surface area (Å²) in [4.78, 5) is 0. The second-order valence-corrected chi connectivity index (χ2v) is 6.34. The van der Waals surface area contributed by atoms with Crippen molar-refractivity contribution in [2.45, 2.75) is 50.9 Å². The molecule has 3 heteroatoms. The third kappa shape index (κ3) is 2.84. The van der Waals surface area contributed by atoms with Crippen molar-refractivity contribution in [1.29, 1.82) is 5.26 Å². The zero-order valence-corrected chi connectivity index (χ0v) is 12.6. The van der Waals surface area contributed by atoms with Crippen molar-refractivity contribution in [1.82, 2.24) is 0 Å². The molecule has 1 aromatic carbocycles. The van der Waals surface area contributed by atoms with E-state index in [1.807, 2.05) is 18.2 Å². The molecule has 0 N–H and O–H groups in total. The summed E-state index contributed by atoms with van der Waals surface area (Å²) in [6, 6.07) is 12.6. The van der Waals surface area contributed by atoms with Crippen molar-refractivity contribution in [3.8, 4) is 6.07 Å². The molecule has 1 aliphatic carbocycles. The molecule has 21 heavy (non-hydrogen) atoms. The minimum Gasteiger partial charge on any atom is -0.372 e. The summed E-state index contributed by atoms with van der Waals surface area (Å²) in [5, 5.41) is 9.03. The van der Waals surface area contributed by atoms with E-state index in [4.69, 9.17) is 14.7 Å². The average Bonchev–Trinajstić information content (AvgIpc) is 2.91. The molecule has 2 fully saturated rings. The van der Waals surface area contributed by atoms with Gasteiger partial charge in [-0.15, -0.1) is 0 Å². The molecule has 2 aliphatic rings. The van der Waals surface area contributed by atoms with E-state index in [2.05, 4.69) is 25.1 Å². The summed E-state index contributed by atoms with van der Waals surface area (Å²) in [5.74, 6) is 0.971. The van der Waals surface area contributed by atoms with E-state index in [0.717, 1.165) is 25.9 Å². The van der Waals surface area contributed by atoms with Gasteiger partial charge in [-0.1, -0.05) is 37.3 Å². The predicted octanol–water partition coefficient (Wildman–Crippen LogP) is 3.69. The van der Waals surface area contributed by atoms with Crippen molar-refractivity contribution in [3.63, 3.8) is 0 Å². The molecule has 3 rings (SSSR count). The van der Waals surface area contributed by atoms with Crippen LogP contribution in [-0.4, -0.2) is 18.3 Å². The van der Waals surface area contributed by atoms with E-state index in [-0.39, 0.29) is 11.7 Å². The quantitative estimate of drug-likeness (QED) is 0.828. The maximum absolute atomic E-state index is 9.03. The summed E-state index contributed by atoms with van der Waals surface area (Å²) in [7, 11) is 0. The third-order valence-electron chi connectivity index (χ3n) is 5.21. The van der Waals surface area contributed by atoms with Gasteiger partial charge in [0.15, 0.2) is 0 Å². The predicted molar refractivity (Wildman–Crippen MR) is 80.4 cm³/mol. The molecule has 1 aromatic rings. The third-order valence-corrected chi connectivity index (χ3v) is 5.21. The molecule has 1 aliphatic heterocycles. The lowest BCUT2D eigenvalue weighted by atomic mass is 9.70. The summed E-state index contributed by atoms with van der Waals surface area (Å²) in [6.45, 7) is 3.61. The summed E-state index contributed by atoms with van der Waals surface area (Å²) in [5.41, 5.74) is 1.08. The van der Waals surface area contributed by atoms with Crippen LogP contribution in [-0.2, 0) is 16.1 Å². The molecular weight excluding hydrogens is 262 g/mol. The van der Waals surface area contributed by atoms with Gasteiger partial charge in [0.1, 0.15) is 0 Å². The Morgan fingerprint density at radius 1 is 1.38 bits per heavy atom. The standard InChI is InChI=1S/C18H23NO2/c1-2-18-11-16(13-21-18)15(8-9-19)10-17(18)20-12-14-6-4-3-5-7-14/h3-7,15-17H,2,8,10-13H2,1H3/t15-,16-,17+,18-/m1/s1. The number of hydrogen-bond acceptors (Lipinski definition) is 3. The fourth-order valence-electron chi connectivity index (χ4n) is 3.88. The highest BCUT2D eigenvalue weighted by Crippen LogP contribution is 2.49. The number of nitrogens with zero attached hydrogens (tertiary/aromatic N) is 1. The molecule has 112 valence electrons. The van der Waals surface area contributed by atoms with Gasteiger partial charge in [-0.05, 0) is 36.7 Å². The molecular formula is C18H23NO2. The van der Waals surface area contributed by atoms with Gasteiger partial charge < -0.3 is 9.47 Å². The fourth-order valence-corrected chi connectivity index (χ4v) is 3.88. The molecule has 0 aromatic heterocycles. The first-order valence-corrected chi connectivity index (χ1v) is 7.94. The van der Waals surface area contributed by atoms with Crippen LogP contribution in [0.15, 0.2) is 30.3 Å². The minimum atomic E-state index is -0.120. The smallest absolute Gasteiger partial charge is 0.0944 e. The van der Waals surface area contributed by atoms with Gasteiger partial charge in [0.05, 0.1) is 31.0 Å². The van der Waals surface area contributed by atoms with Crippen LogP contribution >= 0.6 is 0 Å². The Kier molecular flexibility index (Phi) is 4.28. The number of fused-ring (bicyclic) bond motifs is 2. The number of ether oxygens (including phenoxy) is 2. The molecule has 3 nitrogen and oxygen atoms in total. The first kappa shape index (κ1) is 14.6. The maximum Gasteiger partial charge on any atom is 0.0944 e.